The smallest absolute Gasteiger partial charge is 0.230 e. The molecule has 0 aromatic heterocycles. The quantitative estimate of drug-likeness (QED) is 0.747. The fourth-order valence-electron chi connectivity index (χ4n) is 2.42. The fraction of sp³-hybridized carbons (Fsp3) is 0.316. The first-order chi connectivity index (χ1) is 12.0. The van der Waals surface area contributed by atoms with Gasteiger partial charge in [-0.25, -0.2) is 4.39 Å². The lowest BCUT2D eigenvalue weighted by Gasteiger charge is -2.25. The van der Waals surface area contributed by atoms with Gasteiger partial charge in [0.05, 0.1) is 11.8 Å². The number of halogens is 2. The molecular weight excluding hydrogens is 359 g/mol. The lowest BCUT2D eigenvalue weighted by molar-refractivity contribution is -0.118. The van der Waals surface area contributed by atoms with Crippen LogP contribution in [0.2, 0.25) is 5.02 Å². The predicted molar refractivity (Wildman–Crippen MR) is 103 cm³/mol. The average molecular weight is 381 g/mol. The molecule has 2 aromatic rings. The van der Waals surface area contributed by atoms with Crippen LogP contribution in [-0.4, -0.2) is 37.2 Å². The predicted octanol–water partition coefficient (Wildman–Crippen LogP) is 4.13. The Bertz CT molecular complexity index is 694. The van der Waals surface area contributed by atoms with Crippen molar-refractivity contribution < 1.29 is 9.18 Å². The van der Waals surface area contributed by atoms with E-state index < -0.39 is 0 Å². The van der Waals surface area contributed by atoms with Crippen LogP contribution in [0.1, 0.15) is 17.2 Å². The largest absolute Gasteiger partial charge is 0.353 e. The topological polar surface area (TPSA) is 32.3 Å². The zero-order valence-corrected chi connectivity index (χ0v) is 15.9. The number of carbonyl (C=O) groups excluding carboxylic acids is 1. The molecule has 0 radical (unpaired) electrons. The maximum atomic E-state index is 13.4. The van der Waals surface area contributed by atoms with E-state index in [1.54, 1.807) is 17.8 Å². The average Bonchev–Trinajstić information content (AvgIpc) is 2.56. The van der Waals surface area contributed by atoms with Gasteiger partial charge >= 0.3 is 0 Å². The van der Waals surface area contributed by atoms with Crippen molar-refractivity contribution in [3.8, 4) is 0 Å². The highest BCUT2D eigenvalue weighted by Gasteiger charge is 2.15. The van der Waals surface area contributed by atoms with E-state index in [9.17, 15) is 9.18 Å². The molecule has 2 rings (SSSR count). The molecule has 0 aliphatic rings. The normalized spacial score (nSPS) is 12.2. The zero-order valence-electron chi connectivity index (χ0n) is 14.3. The van der Waals surface area contributed by atoms with Crippen molar-refractivity contribution >= 4 is 29.3 Å². The minimum Gasteiger partial charge on any atom is -0.353 e. The van der Waals surface area contributed by atoms with E-state index in [1.807, 2.05) is 49.3 Å². The molecule has 134 valence electrons. The number of nitrogens with one attached hydrogen (secondary N) is 1. The van der Waals surface area contributed by atoms with E-state index in [0.29, 0.717) is 17.3 Å². The van der Waals surface area contributed by atoms with Crippen molar-refractivity contribution in [2.75, 3.05) is 26.4 Å². The third-order valence-electron chi connectivity index (χ3n) is 3.76. The van der Waals surface area contributed by atoms with E-state index >= 15 is 0 Å². The van der Waals surface area contributed by atoms with Crippen molar-refractivity contribution in [2.24, 2.45) is 0 Å². The van der Waals surface area contributed by atoms with Crippen LogP contribution in [0.5, 0.6) is 0 Å². The van der Waals surface area contributed by atoms with Crippen molar-refractivity contribution in [1.82, 2.24) is 10.2 Å². The summed E-state index contributed by atoms with van der Waals surface area (Å²) >= 11 is 7.40. The molecule has 6 heteroatoms. The number of likely N-dealkylation sites (N-methyl/N-ethyl adjacent to an activating group) is 1. The maximum absolute atomic E-state index is 13.4. The van der Waals surface area contributed by atoms with Crippen molar-refractivity contribution in [1.29, 1.82) is 0 Å². The minimum absolute atomic E-state index is 0.0257. The van der Waals surface area contributed by atoms with Gasteiger partial charge in [0.2, 0.25) is 5.91 Å². The molecule has 25 heavy (non-hydrogen) atoms. The molecule has 2 aromatic carbocycles. The van der Waals surface area contributed by atoms with Crippen LogP contribution in [0, 0.1) is 5.82 Å². The Balaban J connectivity index is 1.79. The lowest BCUT2D eigenvalue weighted by Crippen LogP contribution is -2.35. The molecule has 0 saturated carbocycles. The molecule has 0 heterocycles. The van der Waals surface area contributed by atoms with Gasteiger partial charge in [0.15, 0.2) is 0 Å². The van der Waals surface area contributed by atoms with Crippen LogP contribution in [0.3, 0.4) is 0 Å². The third kappa shape index (κ3) is 6.69. The van der Waals surface area contributed by atoms with Crippen LogP contribution in [0.25, 0.3) is 0 Å². The Morgan fingerprint density at radius 2 is 1.96 bits per heavy atom. The number of thioether (sulfide) groups is 1. The second kappa shape index (κ2) is 9.80. The minimum atomic E-state index is -0.269. The summed E-state index contributed by atoms with van der Waals surface area (Å²) in [6.07, 6.45) is 0. The monoisotopic (exact) mass is 380 g/mol. The van der Waals surface area contributed by atoms with Gasteiger partial charge in [0.25, 0.3) is 0 Å². The van der Waals surface area contributed by atoms with E-state index in [1.165, 1.54) is 12.1 Å². The van der Waals surface area contributed by atoms with E-state index in [2.05, 4.69) is 5.32 Å². The van der Waals surface area contributed by atoms with Crippen molar-refractivity contribution in [3.63, 3.8) is 0 Å². The molecule has 1 N–H and O–H groups in total. The van der Waals surface area contributed by atoms with Gasteiger partial charge in [-0.1, -0.05) is 35.9 Å². The first-order valence-electron chi connectivity index (χ1n) is 7.96. The molecule has 3 nitrogen and oxygen atoms in total. The first-order valence-corrected chi connectivity index (χ1v) is 9.50. The standard InChI is InChI=1S/C19H22ClFN2OS/c1-23(2)18(15-4-3-5-17(21)10-15)11-22-19(24)13-25-12-14-6-8-16(20)9-7-14/h3-10,18H,11-13H2,1-2H3,(H,22,24). The Morgan fingerprint density at radius 1 is 1.24 bits per heavy atom. The van der Waals surface area contributed by atoms with Gasteiger partial charge in [0.1, 0.15) is 5.82 Å². The van der Waals surface area contributed by atoms with Crippen LogP contribution in [0.15, 0.2) is 48.5 Å². The number of hydrogen-bond donors (Lipinski definition) is 1. The number of carbonyl (C=O) groups is 1. The van der Waals surface area contributed by atoms with Gasteiger partial charge in [-0.05, 0) is 49.5 Å². The highest BCUT2D eigenvalue weighted by Crippen LogP contribution is 2.19. The Labute approximate surface area is 157 Å². The lowest BCUT2D eigenvalue weighted by atomic mass is 10.1. The van der Waals surface area contributed by atoms with Crippen LogP contribution >= 0.6 is 23.4 Å². The maximum Gasteiger partial charge on any atom is 0.230 e. The summed E-state index contributed by atoms with van der Waals surface area (Å²) in [7, 11) is 3.83. The SMILES string of the molecule is CN(C)C(CNC(=O)CSCc1ccc(Cl)cc1)c1cccc(F)c1. The van der Waals surface area contributed by atoms with Gasteiger partial charge < -0.3 is 10.2 Å². The second-order valence-electron chi connectivity index (χ2n) is 5.96. The molecular formula is C19H22ClFN2OS. The second-order valence-corrected chi connectivity index (χ2v) is 7.38. The van der Waals surface area contributed by atoms with Gasteiger partial charge in [-0.2, -0.15) is 0 Å². The number of hydrogen-bond acceptors (Lipinski definition) is 3. The Morgan fingerprint density at radius 3 is 2.60 bits per heavy atom. The summed E-state index contributed by atoms with van der Waals surface area (Å²) < 4.78 is 13.4. The summed E-state index contributed by atoms with van der Waals surface area (Å²) in [5.74, 6) is 0.841. The zero-order chi connectivity index (χ0) is 18.2. The van der Waals surface area contributed by atoms with Gasteiger partial charge in [-0.15, -0.1) is 11.8 Å². The number of nitrogens with zero attached hydrogens (tertiary/aromatic N) is 1. The summed E-state index contributed by atoms with van der Waals surface area (Å²) in [6, 6.07) is 14.0. The van der Waals surface area contributed by atoms with Crippen LogP contribution in [0.4, 0.5) is 4.39 Å². The van der Waals surface area contributed by atoms with Crippen molar-refractivity contribution in [2.45, 2.75) is 11.8 Å². The van der Waals surface area contributed by atoms with Gasteiger partial charge in [-0.3, -0.25) is 4.79 Å². The summed E-state index contributed by atoms with van der Waals surface area (Å²) in [5, 5.41) is 3.64. The molecule has 0 fully saturated rings. The van der Waals surface area contributed by atoms with Crippen molar-refractivity contribution in [3.05, 3.63) is 70.5 Å². The summed E-state index contributed by atoms with van der Waals surface area (Å²) in [5.41, 5.74) is 1.98. The molecule has 1 amide bonds. The third-order valence-corrected chi connectivity index (χ3v) is 5.02. The molecule has 0 aliphatic heterocycles. The van der Waals surface area contributed by atoms with E-state index in [-0.39, 0.29) is 17.8 Å². The van der Waals surface area contributed by atoms with E-state index in [4.69, 9.17) is 11.6 Å². The van der Waals surface area contributed by atoms with Crippen LogP contribution < -0.4 is 5.32 Å². The Kier molecular flexibility index (Phi) is 7.75. The number of benzene rings is 2. The highest BCUT2D eigenvalue weighted by molar-refractivity contribution is 7.99. The molecule has 0 spiro atoms. The summed E-state index contributed by atoms with van der Waals surface area (Å²) in [6.45, 7) is 0.441. The molecule has 0 aliphatic carbocycles. The molecule has 1 atom stereocenters. The molecule has 0 bridgehead atoms. The van der Waals surface area contributed by atoms with E-state index in [0.717, 1.165) is 16.9 Å². The number of rotatable bonds is 8. The highest BCUT2D eigenvalue weighted by atomic mass is 35.5. The van der Waals surface area contributed by atoms with Gasteiger partial charge in [0, 0.05) is 17.3 Å². The Hall–Kier alpha value is -1.56. The first kappa shape index (κ1) is 19.8. The molecule has 0 saturated heterocycles. The van der Waals surface area contributed by atoms with Crippen LogP contribution in [-0.2, 0) is 10.5 Å². The summed E-state index contributed by atoms with van der Waals surface area (Å²) in [4.78, 5) is 14.0. The molecule has 1 unspecified atom stereocenters. The number of amides is 1. The fourth-order valence-corrected chi connectivity index (χ4v) is 3.36.